The summed E-state index contributed by atoms with van der Waals surface area (Å²) in [6, 6.07) is 0.568. The Balaban J connectivity index is 1.81. The van der Waals surface area contributed by atoms with Crippen molar-refractivity contribution in [2.24, 2.45) is 29.6 Å². The maximum atomic E-state index is 4.17. The highest BCUT2D eigenvalue weighted by Crippen LogP contribution is 2.36. The molecular formula is C27H45N. The minimum Gasteiger partial charge on any atom is -0.383 e. The van der Waals surface area contributed by atoms with Gasteiger partial charge in [0.15, 0.2) is 0 Å². The second kappa shape index (κ2) is 11.7. The van der Waals surface area contributed by atoms with Crippen molar-refractivity contribution >= 4 is 0 Å². The summed E-state index contributed by atoms with van der Waals surface area (Å²) in [5, 5.41) is 3.67. The van der Waals surface area contributed by atoms with Crippen LogP contribution >= 0.6 is 0 Å². The highest BCUT2D eigenvalue weighted by Gasteiger charge is 2.32. The zero-order chi connectivity index (χ0) is 20.5. The van der Waals surface area contributed by atoms with E-state index in [9.17, 15) is 0 Å². The van der Waals surface area contributed by atoms with Crippen molar-refractivity contribution in [3.05, 3.63) is 48.2 Å². The van der Waals surface area contributed by atoms with Crippen molar-refractivity contribution in [2.75, 3.05) is 0 Å². The highest BCUT2D eigenvalue weighted by atomic mass is 14.9. The average molecular weight is 384 g/mol. The number of allylic oxidation sites excluding steroid dienone is 6. The van der Waals surface area contributed by atoms with E-state index in [4.69, 9.17) is 0 Å². The van der Waals surface area contributed by atoms with E-state index in [0.717, 1.165) is 35.8 Å². The Morgan fingerprint density at radius 2 is 1.82 bits per heavy atom. The van der Waals surface area contributed by atoms with Crippen molar-refractivity contribution in [1.29, 1.82) is 0 Å². The smallest absolute Gasteiger partial charge is 0.0289 e. The molecule has 0 radical (unpaired) electrons. The average Bonchev–Trinajstić information content (AvgIpc) is 2.66. The Morgan fingerprint density at radius 1 is 1.04 bits per heavy atom. The summed E-state index contributed by atoms with van der Waals surface area (Å²) in [6.45, 7) is 15.9. The van der Waals surface area contributed by atoms with Crippen molar-refractivity contribution in [3.8, 4) is 0 Å². The third kappa shape index (κ3) is 7.64. The van der Waals surface area contributed by atoms with Crippen LogP contribution in [0.25, 0.3) is 0 Å². The molecule has 2 rings (SSSR count). The zero-order valence-corrected chi connectivity index (χ0v) is 19.2. The summed E-state index contributed by atoms with van der Waals surface area (Å²) >= 11 is 0. The molecule has 2 fully saturated rings. The standard InChI is InChI=1S/C27H45N/c1-7-8-11-24(6)28-27-19-22(4)26(18-23(27)5)16-14-20(2)13-15-25-12-9-10-21(3)17-25/h8,11,13-15,21-23,25-28H,6-7,9-10,12,16-19H2,1-5H3/b11-8-,15-13+,20-14+. The summed E-state index contributed by atoms with van der Waals surface area (Å²) in [4.78, 5) is 0. The molecule has 2 aliphatic rings. The number of hydrogen-bond donors (Lipinski definition) is 1. The quantitative estimate of drug-likeness (QED) is 0.421. The summed E-state index contributed by atoms with van der Waals surface area (Å²) in [6.07, 6.45) is 22.2. The number of rotatable bonds is 8. The van der Waals surface area contributed by atoms with E-state index in [1.807, 2.05) is 0 Å². The van der Waals surface area contributed by atoms with Crippen LogP contribution in [0.4, 0.5) is 0 Å². The largest absolute Gasteiger partial charge is 0.383 e. The molecule has 2 aliphatic carbocycles. The lowest BCUT2D eigenvalue weighted by atomic mass is 9.71. The van der Waals surface area contributed by atoms with Crippen LogP contribution in [0.3, 0.4) is 0 Å². The van der Waals surface area contributed by atoms with Gasteiger partial charge in [0.1, 0.15) is 0 Å². The molecule has 158 valence electrons. The zero-order valence-electron chi connectivity index (χ0n) is 19.2. The van der Waals surface area contributed by atoms with Gasteiger partial charge in [0.2, 0.25) is 0 Å². The van der Waals surface area contributed by atoms with Crippen LogP contribution in [0.1, 0.15) is 86.0 Å². The Labute approximate surface area is 175 Å². The first kappa shape index (κ1) is 23.0. The van der Waals surface area contributed by atoms with Crippen molar-refractivity contribution < 1.29 is 0 Å². The second-order valence-corrected chi connectivity index (χ2v) is 9.85. The lowest BCUT2D eigenvalue weighted by molar-refractivity contribution is 0.163. The van der Waals surface area contributed by atoms with Gasteiger partial charge in [-0.05, 0) is 81.1 Å². The molecule has 0 aliphatic heterocycles. The maximum Gasteiger partial charge on any atom is 0.0289 e. The molecule has 0 saturated heterocycles. The van der Waals surface area contributed by atoms with Gasteiger partial charge in [0, 0.05) is 11.7 Å². The minimum absolute atomic E-state index is 0.568. The fourth-order valence-electron chi connectivity index (χ4n) is 5.12. The normalized spacial score (nSPS) is 34.8. The second-order valence-electron chi connectivity index (χ2n) is 9.85. The van der Waals surface area contributed by atoms with Gasteiger partial charge in [-0.15, -0.1) is 0 Å². The molecule has 0 bridgehead atoms. The Kier molecular flexibility index (Phi) is 9.62. The van der Waals surface area contributed by atoms with E-state index in [1.54, 1.807) is 0 Å². The van der Waals surface area contributed by atoms with Gasteiger partial charge in [0.25, 0.3) is 0 Å². The maximum absolute atomic E-state index is 4.17. The van der Waals surface area contributed by atoms with E-state index in [1.165, 1.54) is 50.5 Å². The number of hydrogen-bond acceptors (Lipinski definition) is 1. The predicted octanol–water partition coefficient (Wildman–Crippen LogP) is 7.83. The van der Waals surface area contributed by atoms with Gasteiger partial charge in [-0.1, -0.05) is 77.0 Å². The summed E-state index contributed by atoms with van der Waals surface area (Å²) < 4.78 is 0. The fraction of sp³-hybridized carbons (Fsp3) is 0.704. The van der Waals surface area contributed by atoms with Gasteiger partial charge in [-0.3, -0.25) is 0 Å². The lowest BCUT2D eigenvalue weighted by Gasteiger charge is -2.39. The Bertz CT molecular complexity index is 567. The molecule has 1 heteroatoms. The minimum atomic E-state index is 0.568. The topological polar surface area (TPSA) is 12.0 Å². The van der Waals surface area contributed by atoms with E-state index < -0.39 is 0 Å². The van der Waals surface area contributed by atoms with Crippen LogP contribution in [0, 0.1) is 29.6 Å². The highest BCUT2D eigenvalue weighted by molar-refractivity contribution is 5.17. The molecule has 0 aromatic rings. The molecule has 2 saturated carbocycles. The molecule has 0 heterocycles. The third-order valence-corrected chi connectivity index (χ3v) is 7.07. The molecule has 0 spiro atoms. The van der Waals surface area contributed by atoms with Crippen LogP contribution in [-0.2, 0) is 0 Å². The van der Waals surface area contributed by atoms with E-state index >= 15 is 0 Å². The molecule has 6 unspecified atom stereocenters. The lowest BCUT2D eigenvalue weighted by Crippen LogP contribution is -2.41. The van der Waals surface area contributed by atoms with Crippen LogP contribution in [0.2, 0.25) is 0 Å². The fourth-order valence-corrected chi connectivity index (χ4v) is 5.12. The van der Waals surface area contributed by atoms with Crippen molar-refractivity contribution in [1.82, 2.24) is 5.32 Å². The van der Waals surface area contributed by atoms with Gasteiger partial charge < -0.3 is 5.32 Å². The molecule has 6 atom stereocenters. The van der Waals surface area contributed by atoms with E-state index in [2.05, 4.69) is 76.9 Å². The summed E-state index contributed by atoms with van der Waals surface area (Å²) in [7, 11) is 0. The van der Waals surface area contributed by atoms with Gasteiger partial charge in [0.05, 0.1) is 0 Å². The van der Waals surface area contributed by atoms with Crippen molar-refractivity contribution in [3.63, 3.8) is 0 Å². The Hall–Kier alpha value is -1.24. The van der Waals surface area contributed by atoms with Crippen LogP contribution in [-0.4, -0.2) is 6.04 Å². The molecule has 1 nitrogen and oxygen atoms in total. The van der Waals surface area contributed by atoms with Crippen LogP contribution in [0.5, 0.6) is 0 Å². The van der Waals surface area contributed by atoms with Crippen LogP contribution in [0.15, 0.2) is 48.2 Å². The molecule has 0 aromatic carbocycles. The molecule has 1 N–H and O–H groups in total. The van der Waals surface area contributed by atoms with Crippen molar-refractivity contribution in [2.45, 2.75) is 92.0 Å². The number of nitrogens with one attached hydrogen (secondary N) is 1. The first-order chi connectivity index (χ1) is 13.4. The molecule has 0 amide bonds. The SMILES string of the molecule is C=C(/C=C\CC)NC1CC(C)C(C/C=C(C)/C=C/C2CCCC(C)C2)CC1C. The summed E-state index contributed by atoms with van der Waals surface area (Å²) in [5.74, 6) is 4.00. The van der Waals surface area contributed by atoms with Gasteiger partial charge in [-0.25, -0.2) is 0 Å². The predicted molar refractivity (Wildman–Crippen MR) is 125 cm³/mol. The Morgan fingerprint density at radius 3 is 2.54 bits per heavy atom. The molecule has 0 aromatic heterocycles. The van der Waals surface area contributed by atoms with E-state index in [0.29, 0.717) is 12.0 Å². The monoisotopic (exact) mass is 383 g/mol. The molecule has 28 heavy (non-hydrogen) atoms. The van der Waals surface area contributed by atoms with Gasteiger partial charge >= 0.3 is 0 Å². The molecular weight excluding hydrogens is 338 g/mol. The summed E-state index contributed by atoms with van der Waals surface area (Å²) in [5.41, 5.74) is 2.53. The first-order valence-corrected chi connectivity index (χ1v) is 11.9. The van der Waals surface area contributed by atoms with E-state index in [-0.39, 0.29) is 0 Å². The van der Waals surface area contributed by atoms with Crippen LogP contribution < -0.4 is 5.32 Å². The first-order valence-electron chi connectivity index (χ1n) is 11.9. The third-order valence-electron chi connectivity index (χ3n) is 7.07. The van der Waals surface area contributed by atoms with Gasteiger partial charge in [-0.2, -0.15) is 0 Å².